The minimum Gasteiger partial charge on any atom is -0.476 e. The number of aromatic nitrogens is 2. The van der Waals surface area contributed by atoms with Crippen LogP contribution < -0.4 is 0 Å². The molecule has 4 nitrogen and oxygen atoms in total. The van der Waals surface area contributed by atoms with Crippen molar-refractivity contribution < 1.29 is 9.90 Å². The van der Waals surface area contributed by atoms with Crippen LogP contribution in [0.1, 0.15) is 47.1 Å². The van der Waals surface area contributed by atoms with Crippen LogP contribution >= 0.6 is 15.9 Å². The van der Waals surface area contributed by atoms with E-state index in [0.29, 0.717) is 0 Å². The van der Waals surface area contributed by atoms with E-state index in [9.17, 15) is 9.90 Å². The molecule has 0 saturated heterocycles. The number of aryl methyl sites for hydroxylation is 1. The molecular weight excluding hydrogens is 332 g/mol. The van der Waals surface area contributed by atoms with Gasteiger partial charge < -0.3 is 5.11 Å². The third-order valence-electron chi connectivity index (χ3n) is 4.03. The van der Waals surface area contributed by atoms with E-state index in [1.165, 1.54) is 0 Å². The Morgan fingerprint density at radius 3 is 2.86 bits per heavy atom. The number of carbonyl (C=O) groups is 1. The van der Waals surface area contributed by atoms with Crippen molar-refractivity contribution in [3.05, 3.63) is 45.2 Å². The first-order chi connectivity index (χ1) is 10.1. The number of fused-ring (bicyclic) bond motifs is 1. The van der Waals surface area contributed by atoms with E-state index >= 15 is 0 Å². The Bertz CT molecular complexity index is 707. The average Bonchev–Trinajstić information content (AvgIpc) is 2.87. The van der Waals surface area contributed by atoms with E-state index in [-0.39, 0.29) is 5.69 Å². The van der Waals surface area contributed by atoms with Crippen LogP contribution in [0.15, 0.2) is 22.7 Å². The SMILES string of the molecule is CCc1cc(Br)ccc1-n1nc(C(=O)O)c2c1CCCC2. The number of hydrogen-bond donors (Lipinski definition) is 1. The summed E-state index contributed by atoms with van der Waals surface area (Å²) in [6.45, 7) is 2.10. The number of rotatable bonds is 3. The highest BCUT2D eigenvalue weighted by molar-refractivity contribution is 9.10. The normalized spacial score (nSPS) is 14.0. The second kappa shape index (κ2) is 5.64. The number of hydrogen-bond acceptors (Lipinski definition) is 2. The van der Waals surface area contributed by atoms with Gasteiger partial charge in [-0.2, -0.15) is 5.10 Å². The van der Waals surface area contributed by atoms with Crippen LogP contribution in [-0.2, 0) is 19.3 Å². The molecule has 1 N–H and O–H groups in total. The molecule has 110 valence electrons. The molecule has 0 atom stereocenters. The smallest absolute Gasteiger partial charge is 0.356 e. The van der Waals surface area contributed by atoms with Crippen LogP contribution in [0.2, 0.25) is 0 Å². The van der Waals surface area contributed by atoms with E-state index in [0.717, 1.165) is 59.1 Å². The van der Waals surface area contributed by atoms with Crippen molar-refractivity contribution in [1.29, 1.82) is 0 Å². The summed E-state index contributed by atoms with van der Waals surface area (Å²) in [5.41, 5.74) is 4.35. The van der Waals surface area contributed by atoms with Gasteiger partial charge in [-0.15, -0.1) is 0 Å². The fraction of sp³-hybridized carbons (Fsp3) is 0.375. The number of aromatic carboxylic acids is 1. The molecule has 1 aliphatic carbocycles. The fourth-order valence-electron chi connectivity index (χ4n) is 3.01. The molecule has 0 aliphatic heterocycles. The summed E-state index contributed by atoms with van der Waals surface area (Å²) in [5, 5.41) is 13.8. The molecule has 0 spiro atoms. The molecule has 1 aliphatic rings. The molecular formula is C16H17BrN2O2. The number of carboxylic acid groups (broad SMARTS) is 1. The zero-order valence-electron chi connectivity index (χ0n) is 11.9. The maximum atomic E-state index is 11.4. The van der Waals surface area contributed by atoms with Crippen LogP contribution in [-0.4, -0.2) is 20.9 Å². The van der Waals surface area contributed by atoms with Gasteiger partial charge in [0.05, 0.1) is 5.69 Å². The standard InChI is InChI=1S/C16H17BrN2O2/c1-2-10-9-11(17)7-8-13(10)19-14-6-4-3-5-12(14)15(18-19)16(20)21/h7-9H,2-6H2,1H3,(H,20,21). The van der Waals surface area contributed by atoms with Gasteiger partial charge in [0.15, 0.2) is 5.69 Å². The number of benzene rings is 1. The molecule has 0 radical (unpaired) electrons. The maximum absolute atomic E-state index is 11.4. The summed E-state index contributed by atoms with van der Waals surface area (Å²) < 4.78 is 2.88. The van der Waals surface area contributed by atoms with Gasteiger partial charge in [0, 0.05) is 15.7 Å². The summed E-state index contributed by atoms with van der Waals surface area (Å²) in [6, 6.07) is 6.06. The molecule has 3 rings (SSSR count). The van der Waals surface area contributed by atoms with Crippen molar-refractivity contribution in [2.24, 2.45) is 0 Å². The lowest BCUT2D eigenvalue weighted by atomic mass is 9.95. The van der Waals surface area contributed by atoms with Crippen molar-refractivity contribution in [1.82, 2.24) is 9.78 Å². The fourth-order valence-corrected chi connectivity index (χ4v) is 3.42. The predicted molar refractivity (Wildman–Crippen MR) is 84.2 cm³/mol. The lowest BCUT2D eigenvalue weighted by molar-refractivity contribution is 0.0688. The number of nitrogens with zero attached hydrogens (tertiary/aromatic N) is 2. The first kappa shape index (κ1) is 14.3. The number of halogens is 1. The molecule has 1 aromatic carbocycles. The van der Waals surface area contributed by atoms with E-state index in [1.807, 2.05) is 16.8 Å². The van der Waals surface area contributed by atoms with E-state index < -0.39 is 5.97 Å². The van der Waals surface area contributed by atoms with E-state index in [4.69, 9.17) is 0 Å². The first-order valence-corrected chi connectivity index (χ1v) is 8.04. The van der Waals surface area contributed by atoms with E-state index in [1.54, 1.807) is 0 Å². The molecule has 21 heavy (non-hydrogen) atoms. The molecule has 0 fully saturated rings. The summed E-state index contributed by atoms with van der Waals surface area (Å²) in [6.07, 6.45) is 4.73. The van der Waals surface area contributed by atoms with Gasteiger partial charge in [-0.25, -0.2) is 9.48 Å². The molecule has 0 unspecified atom stereocenters. The van der Waals surface area contributed by atoms with Crippen LogP contribution in [0.4, 0.5) is 0 Å². The Hall–Kier alpha value is -1.62. The van der Waals surface area contributed by atoms with Gasteiger partial charge in [0.2, 0.25) is 0 Å². The highest BCUT2D eigenvalue weighted by atomic mass is 79.9. The Morgan fingerprint density at radius 2 is 2.14 bits per heavy atom. The van der Waals surface area contributed by atoms with Gasteiger partial charge in [0.1, 0.15) is 0 Å². The molecule has 1 aromatic heterocycles. The monoisotopic (exact) mass is 348 g/mol. The van der Waals surface area contributed by atoms with Crippen molar-refractivity contribution in [3.63, 3.8) is 0 Å². The Balaban J connectivity index is 2.21. The summed E-state index contributed by atoms with van der Waals surface area (Å²) in [5.74, 6) is -0.929. The molecule has 5 heteroatoms. The minimum atomic E-state index is -0.929. The quantitative estimate of drug-likeness (QED) is 0.918. The Labute approximate surface area is 131 Å². The summed E-state index contributed by atoms with van der Waals surface area (Å²) in [4.78, 5) is 11.4. The third kappa shape index (κ3) is 2.50. The zero-order valence-corrected chi connectivity index (χ0v) is 13.5. The van der Waals surface area contributed by atoms with Gasteiger partial charge in [-0.1, -0.05) is 22.9 Å². The topological polar surface area (TPSA) is 55.1 Å². The highest BCUT2D eigenvalue weighted by Gasteiger charge is 2.25. The molecule has 0 amide bonds. The zero-order chi connectivity index (χ0) is 15.0. The lowest BCUT2D eigenvalue weighted by Gasteiger charge is -2.16. The largest absolute Gasteiger partial charge is 0.476 e. The second-order valence-electron chi connectivity index (χ2n) is 5.32. The lowest BCUT2D eigenvalue weighted by Crippen LogP contribution is -2.09. The van der Waals surface area contributed by atoms with Crippen molar-refractivity contribution in [3.8, 4) is 5.69 Å². The molecule has 0 saturated carbocycles. The van der Waals surface area contributed by atoms with Gasteiger partial charge in [0.25, 0.3) is 0 Å². The highest BCUT2D eigenvalue weighted by Crippen LogP contribution is 2.29. The Kier molecular flexibility index (Phi) is 3.85. The van der Waals surface area contributed by atoms with Crippen molar-refractivity contribution in [2.45, 2.75) is 39.0 Å². The molecule has 2 aromatic rings. The van der Waals surface area contributed by atoms with Crippen LogP contribution in [0.5, 0.6) is 0 Å². The summed E-state index contributed by atoms with van der Waals surface area (Å²) >= 11 is 3.49. The van der Waals surface area contributed by atoms with Gasteiger partial charge >= 0.3 is 5.97 Å². The second-order valence-corrected chi connectivity index (χ2v) is 6.24. The Morgan fingerprint density at radius 1 is 1.38 bits per heavy atom. The van der Waals surface area contributed by atoms with Crippen LogP contribution in [0.25, 0.3) is 5.69 Å². The van der Waals surface area contributed by atoms with Crippen LogP contribution in [0, 0.1) is 0 Å². The molecule has 0 bridgehead atoms. The number of carboxylic acids is 1. The van der Waals surface area contributed by atoms with Crippen molar-refractivity contribution >= 4 is 21.9 Å². The van der Waals surface area contributed by atoms with Crippen molar-refractivity contribution in [2.75, 3.05) is 0 Å². The molecule has 1 heterocycles. The maximum Gasteiger partial charge on any atom is 0.356 e. The van der Waals surface area contributed by atoms with Gasteiger partial charge in [-0.05, 0) is 55.9 Å². The summed E-state index contributed by atoms with van der Waals surface area (Å²) in [7, 11) is 0. The van der Waals surface area contributed by atoms with Gasteiger partial charge in [-0.3, -0.25) is 0 Å². The minimum absolute atomic E-state index is 0.217. The van der Waals surface area contributed by atoms with E-state index in [2.05, 4.69) is 34.0 Å². The first-order valence-electron chi connectivity index (χ1n) is 7.24. The van der Waals surface area contributed by atoms with Crippen LogP contribution in [0.3, 0.4) is 0 Å². The third-order valence-corrected chi connectivity index (χ3v) is 4.53. The predicted octanol–water partition coefficient (Wildman–Crippen LogP) is 3.77. The average molecular weight is 349 g/mol.